The van der Waals surface area contributed by atoms with E-state index in [1.165, 1.54) is 5.56 Å². The van der Waals surface area contributed by atoms with E-state index in [2.05, 4.69) is 69.4 Å². The molecule has 0 aliphatic heterocycles. The highest BCUT2D eigenvalue weighted by Gasteiger charge is 2.15. The van der Waals surface area contributed by atoms with Crippen molar-refractivity contribution in [3.8, 4) is 21.3 Å². The van der Waals surface area contributed by atoms with Crippen molar-refractivity contribution in [1.82, 2.24) is 19.7 Å². The Balaban J connectivity index is 1.51. The average Bonchev–Trinajstić information content (AvgIpc) is 3.42. The molecule has 4 aromatic rings. The van der Waals surface area contributed by atoms with Crippen LogP contribution in [0.4, 0.5) is 0 Å². The molecule has 0 N–H and O–H groups in total. The van der Waals surface area contributed by atoms with Crippen molar-refractivity contribution in [2.45, 2.75) is 24.4 Å². The highest BCUT2D eigenvalue weighted by molar-refractivity contribution is 7.98. The largest absolute Gasteiger partial charge is 0.297 e. The molecule has 0 bridgehead atoms. The standard InChI is InChI=1S/C20H18N4S3/c1-3-10-24-18(17-5-4-11-25-17)22-23-20(24)27-13-16-12-26-19(21-16)15-8-6-14(2)7-9-15/h3-9,11-12H,1,10,13H2,2H3. The number of benzene rings is 1. The molecule has 27 heavy (non-hydrogen) atoms. The minimum Gasteiger partial charge on any atom is -0.297 e. The second-order valence-electron chi connectivity index (χ2n) is 5.98. The highest BCUT2D eigenvalue weighted by atomic mass is 32.2. The van der Waals surface area contributed by atoms with Gasteiger partial charge in [0.1, 0.15) is 5.01 Å². The molecule has 7 heteroatoms. The molecular weight excluding hydrogens is 392 g/mol. The number of hydrogen-bond donors (Lipinski definition) is 0. The van der Waals surface area contributed by atoms with Crippen LogP contribution in [-0.4, -0.2) is 19.7 Å². The smallest absolute Gasteiger partial charge is 0.192 e. The minimum atomic E-state index is 0.689. The second kappa shape index (κ2) is 8.21. The number of aromatic nitrogens is 4. The molecule has 0 atom stereocenters. The van der Waals surface area contributed by atoms with E-state index in [4.69, 9.17) is 4.98 Å². The Hall–Kier alpha value is -2.22. The molecule has 3 heterocycles. The summed E-state index contributed by atoms with van der Waals surface area (Å²) < 4.78 is 2.11. The van der Waals surface area contributed by atoms with Gasteiger partial charge in [0.25, 0.3) is 0 Å². The zero-order valence-corrected chi connectivity index (χ0v) is 17.3. The summed E-state index contributed by atoms with van der Waals surface area (Å²) in [5.74, 6) is 1.66. The number of rotatable bonds is 7. The summed E-state index contributed by atoms with van der Waals surface area (Å²) in [6, 6.07) is 12.6. The lowest BCUT2D eigenvalue weighted by molar-refractivity contribution is 0.732. The Morgan fingerprint density at radius 3 is 2.74 bits per heavy atom. The molecule has 3 aromatic heterocycles. The van der Waals surface area contributed by atoms with Crippen LogP contribution in [0, 0.1) is 6.92 Å². The normalized spacial score (nSPS) is 11.0. The van der Waals surface area contributed by atoms with Crippen molar-refractivity contribution >= 4 is 34.4 Å². The first-order chi connectivity index (χ1) is 13.2. The fourth-order valence-corrected chi connectivity index (χ4v) is 5.11. The van der Waals surface area contributed by atoms with E-state index in [1.807, 2.05) is 12.1 Å². The van der Waals surface area contributed by atoms with Crippen LogP contribution >= 0.6 is 34.4 Å². The van der Waals surface area contributed by atoms with Crippen LogP contribution in [0.1, 0.15) is 11.3 Å². The second-order valence-corrected chi connectivity index (χ2v) is 8.73. The van der Waals surface area contributed by atoms with Gasteiger partial charge in [-0.25, -0.2) is 4.98 Å². The molecule has 0 spiro atoms. The Labute approximate surface area is 170 Å². The van der Waals surface area contributed by atoms with Gasteiger partial charge in [0.2, 0.25) is 0 Å². The van der Waals surface area contributed by atoms with Crippen LogP contribution in [0.15, 0.2) is 65.0 Å². The fourth-order valence-electron chi connectivity index (χ4n) is 2.62. The summed E-state index contributed by atoms with van der Waals surface area (Å²) in [6.45, 7) is 6.65. The third-order valence-corrected chi connectivity index (χ3v) is 6.78. The molecule has 0 unspecified atom stereocenters. The molecule has 0 saturated carbocycles. The van der Waals surface area contributed by atoms with Crippen molar-refractivity contribution in [2.75, 3.05) is 0 Å². The maximum Gasteiger partial charge on any atom is 0.192 e. The lowest BCUT2D eigenvalue weighted by Gasteiger charge is -2.05. The first kappa shape index (κ1) is 18.2. The maximum absolute atomic E-state index is 4.78. The van der Waals surface area contributed by atoms with E-state index in [1.54, 1.807) is 34.4 Å². The first-order valence-corrected chi connectivity index (χ1v) is 11.2. The Morgan fingerprint density at radius 1 is 1.15 bits per heavy atom. The van der Waals surface area contributed by atoms with Gasteiger partial charge < -0.3 is 0 Å². The Kier molecular flexibility index (Phi) is 5.52. The Morgan fingerprint density at radius 2 is 2.00 bits per heavy atom. The van der Waals surface area contributed by atoms with Gasteiger partial charge in [-0.1, -0.05) is 53.7 Å². The highest BCUT2D eigenvalue weighted by Crippen LogP contribution is 2.30. The van der Waals surface area contributed by atoms with Crippen molar-refractivity contribution < 1.29 is 0 Å². The van der Waals surface area contributed by atoms with E-state index in [0.29, 0.717) is 6.54 Å². The van der Waals surface area contributed by atoms with E-state index in [-0.39, 0.29) is 0 Å². The number of thiophene rings is 1. The lowest BCUT2D eigenvalue weighted by atomic mass is 10.2. The van der Waals surface area contributed by atoms with Gasteiger partial charge in [-0.15, -0.1) is 39.4 Å². The molecule has 0 aliphatic carbocycles. The quantitative estimate of drug-likeness (QED) is 0.280. The van der Waals surface area contributed by atoms with E-state index < -0.39 is 0 Å². The van der Waals surface area contributed by atoms with Gasteiger partial charge in [-0.3, -0.25) is 4.57 Å². The zero-order valence-electron chi connectivity index (χ0n) is 14.8. The number of nitrogens with zero attached hydrogens (tertiary/aromatic N) is 4. The molecule has 136 valence electrons. The molecule has 0 fully saturated rings. The summed E-state index contributed by atoms with van der Waals surface area (Å²) >= 11 is 5.01. The van der Waals surface area contributed by atoms with Crippen molar-refractivity contribution in [3.05, 3.63) is 71.1 Å². The van der Waals surface area contributed by atoms with Gasteiger partial charge in [-0.2, -0.15) is 0 Å². The van der Waals surface area contributed by atoms with E-state index >= 15 is 0 Å². The molecule has 4 nitrogen and oxygen atoms in total. The number of thioether (sulfide) groups is 1. The summed E-state index contributed by atoms with van der Waals surface area (Å²) in [4.78, 5) is 5.90. The van der Waals surface area contributed by atoms with Crippen LogP contribution in [0.5, 0.6) is 0 Å². The van der Waals surface area contributed by atoms with Gasteiger partial charge >= 0.3 is 0 Å². The van der Waals surface area contributed by atoms with Gasteiger partial charge in [0.05, 0.1) is 10.6 Å². The number of hydrogen-bond acceptors (Lipinski definition) is 6. The van der Waals surface area contributed by atoms with Crippen LogP contribution in [-0.2, 0) is 12.3 Å². The predicted octanol–water partition coefficient (Wildman–Crippen LogP) is 5.92. The Bertz CT molecular complexity index is 1030. The maximum atomic E-state index is 4.78. The summed E-state index contributed by atoms with van der Waals surface area (Å²) in [5, 5.41) is 14.9. The van der Waals surface area contributed by atoms with Gasteiger partial charge in [-0.05, 0) is 18.4 Å². The third-order valence-electron chi connectivity index (χ3n) is 3.97. The van der Waals surface area contributed by atoms with Crippen molar-refractivity contribution in [2.24, 2.45) is 0 Å². The van der Waals surface area contributed by atoms with Crippen LogP contribution in [0.2, 0.25) is 0 Å². The lowest BCUT2D eigenvalue weighted by Crippen LogP contribution is -2.00. The molecule has 0 amide bonds. The molecule has 4 rings (SSSR count). The topological polar surface area (TPSA) is 43.6 Å². The molecule has 0 saturated heterocycles. The monoisotopic (exact) mass is 410 g/mol. The average molecular weight is 411 g/mol. The summed E-state index contributed by atoms with van der Waals surface area (Å²) in [7, 11) is 0. The van der Waals surface area contributed by atoms with Gasteiger partial charge in [0.15, 0.2) is 11.0 Å². The zero-order chi connectivity index (χ0) is 18.6. The number of allylic oxidation sites excluding steroid dienone is 1. The summed E-state index contributed by atoms with van der Waals surface area (Å²) in [6.07, 6.45) is 1.88. The van der Waals surface area contributed by atoms with E-state index in [0.717, 1.165) is 37.9 Å². The molecule has 0 aliphatic rings. The first-order valence-electron chi connectivity index (χ1n) is 8.47. The number of thiazole rings is 1. The van der Waals surface area contributed by atoms with Crippen molar-refractivity contribution in [1.29, 1.82) is 0 Å². The molecule has 1 aromatic carbocycles. The fraction of sp³-hybridized carbons (Fsp3) is 0.150. The van der Waals surface area contributed by atoms with E-state index in [9.17, 15) is 0 Å². The van der Waals surface area contributed by atoms with Crippen LogP contribution < -0.4 is 0 Å². The third kappa shape index (κ3) is 4.05. The summed E-state index contributed by atoms with van der Waals surface area (Å²) in [5.41, 5.74) is 3.48. The SMILES string of the molecule is C=CCn1c(SCc2csc(-c3ccc(C)cc3)n2)nnc1-c1cccs1. The van der Waals surface area contributed by atoms with Crippen molar-refractivity contribution in [3.63, 3.8) is 0 Å². The molecular formula is C20H18N4S3. The molecule has 0 radical (unpaired) electrons. The predicted molar refractivity (Wildman–Crippen MR) is 115 cm³/mol. The minimum absolute atomic E-state index is 0.689. The van der Waals surface area contributed by atoms with Crippen LogP contribution in [0.3, 0.4) is 0 Å². The van der Waals surface area contributed by atoms with Crippen LogP contribution in [0.25, 0.3) is 21.3 Å². The van der Waals surface area contributed by atoms with Gasteiger partial charge in [0, 0.05) is 23.2 Å². The number of aryl methyl sites for hydroxylation is 1.